The molecule has 0 spiro atoms. The molecule has 0 saturated carbocycles. The molecule has 0 radical (unpaired) electrons. The number of aliphatic imine (C=N–C) groups is 1. The van der Waals surface area contributed by atoms with Crippen LogP contribution in [0.2, 0.25) is 0 Å². The quantitative estimate of drug-likeness (QED) is 0.266. The summed E-state index contributed by atoms with van der Waals surface area (Å²) in [6.07, 6.45) is 1.46. The molecule has 35 heavy (non-hydrogen) atoms. The van der Waals surface area contributed by atoms with Crippen LogP contribution in [0.1, 0.15) is 50.6 Å². The molecule has 0 unspecified atom stereocenters. The summed E-state index contributed by atoms with van der Waals surface area (Å²) in [7, 11) is 3.39. The maximum absolute atomic E-state index is 12.9. The van der Waals surface area contributed by atoms with Gasteiger partial charge in [-0.3, -0.25) is 23.7 Å². The maximum atomic E-state index is 12.9. The molecule has 0 fully saturated rings. The second-order valence-corrected chi connectivity index (χ2v) is 10.5. The lowest BCUT2D eigenvalue weighted by atomic mass is 10.0. The van der Waals surface area contributed by atoms with E-state index in [1.165, 1.54) is 11.1 Å². The molecule has 186 valence electrons. The van der Waals surface area contributed by atoms with Crippen LogP contribution < -0.4 is 21.9 Å². The lowest BCUT2D eigenvalue weighted by molar-refractivity contribution is 0.0827. The number of carbonyl (C=O) groups is 2. The Morgan fingerprint density at radius 3 is 2.49 bits per heavy atom. The zero-order valence-corrected chi connectivity index (χ0v) is 22.1. The SMILES string of the molecule is Cc1cc(C(=O)N(C)C)cc(C)c1NC(=O)c1cnc(Nc2s[nH]c(=O)c2C(N)=NCC(C)C)s1. The molecule has 2 heterocycles. The van der Waals surface area contributed by atoms with Crippen molar-refractivity contribution in [3.05, 3.63) is 55.8 Å². The van der Waals surface area contributed by atoms with Gasteiger partial charge >= 0.3 is 0 Å². The van der Waals surface area contributed by atoms with E-state index in [9.17, 15) is 14.4 Å². The third-order valence-corrected chi connectivity index (χ3v) is 6.67. The average molecular weight is 516 g/mol. The summed E-state index contributed by atoms with van der Waals surface area (Å²) in [5.41, 5.74) is 8.74. The van der Waals surface area contributed by atoms with Crippen molar-refractivity contribution in [3.63, 3.8) is 0 Å². The molecular weight excluding hydrogens is 486 g/mol. The molecule has 1 aromatic carbocycles. The van der Waals surface area contributed by atoms with Crippen molar-refractivity contribution in [1.82, 2.24) is 14.3 Å². The van der Waals surface area contributed by atoms with E-state index in [0.29, 0.717) is 38.7 Å². The van der Waals surface area contributed by atoms with Crippen LogP contribution in [-0.4, -0.2) is 52.5 Å². The number of amidine groups is 1. The topological polar surface area (TPSA) is 146 Å². The van der Waals surface area contributed by atoms with Crippen molar-refractivity contribution in [2.24, 2.45) is 16.6 Å². The fourth-order valence-electron chi connectivity index (χ4n) is 3.23. The number of aromatic amines is 1. The predicted octanol–water partition coefficient (Wildman–Crippen LogP) is 3.57. The summed E-state index contributed by atoms with van der Waals surface area (Å²) < 4.78 is 2.65. The van der Waals surface area contributed by atoms with E-state index in [1.807, 2.05) is 27.7 Å². The molecule has 0 saturated heterocycles. The highest BCUT2D eigenvalue weighted by atomic mass is 32.1. The minimum Gasteiger partial charge on any atom is -0.383 e. The third kappa shape index (κ3) is 6.14. The Morgan fingerprint density at radius 1 is 1.23 bits per heavy atom. The van der Waals surface area contributed by atoms with Crippen molar-refractivity contribution < 1.29 is 9.59 Å². The number of thiazole rings is 1. The highest BCUT2D eigenvalue weighted by Crippen LogP contribution is 2.28. The van der Waals surface area contributed by atoms with Crippen molar-refractivity contribution in [2.45, 2.75) is 27.7 Å². The van der Waals surface area contributed by atoms with Crippen LogP contribution in [0.15, 0.2) is 28.1 Å². The molecule has 10 nitrogen and oxygen atoms in total. The van der Waals surface area contributed by atoms with E-state index in [0.717, 1.165) is 34.0 Å². The van der Waals surface area contributed by atoms with Gasteiger partial charge in [0.2, 0.25) is 0 Å². The Labute approximate surface area is 211 Å². The number of nitrogens with two attached hydrogens (primary N) is 1. The normalized spacial score (nSPS) is 11.6. The fraction of sp³-hybridized carbons (Fsp3) is 0.348. The highest BCUT2D eigenvalue weighted by Gasteiger charge is 2.19. The first-order valence-electron chi connectivity index (χ1n) is 10.9. The Kier molecular flexibility index (Phi) is 8.07. The molecular formula is C23H29N7O3S2. The van der Waals surface area contributed by atoms with Crippen LogP contribution >= 0.6 is 22.9 Å². The molecule has 0 aliphatic carbocycles. The molecule has 0 atom stereocenters. The first-order chi connectivity index (χ1) is 16.5. The summed E-state index contributed by atoms with van der Waals surface area (Å²) in [5, 5.41) is 6.90. The first-order valence-corrected chi connectivity index (χ1v) is 12.5. The number of rotatable bonds is 8. The second-order valence-electron chi connectivity index (χ2n) is 8.65. The Morgan fingerprint density at radius 2 is 1.89 bits per heavy atom. The monoisotopic (exact) mass is 515 g/mol. The number of carbonyl (C=O) groups excluding carboxylic acids is 2. The van der Waals surface area contributed by atoms with Gasteiger partial charge in [-0.15, -0.1) is 0 Å². The third-order valence-electron chi connectivity index (χ3n) is 4.96. The van der Waals surface area contributed by atoms with Gasteiger partial charge in [-0.1, -0.05) is 25.2 Å². The highest BCUT2D eigenvalue weighted by molar-refractivity contribution is 7.18. The van der Waals surface area contributed by atoms with Crippen LogP contribution in [0.5, 0.6) is 0 Å². The molecule has 12 heteroatoms. The molecule has 0 bridgehead atoms. The smallest absolute Gasteiger partial charge is 0.271 e. The van der Waals surface area contributed by atoms with E-state index in [4.69, 9.17) is 5.73 Å². The summed E-state index contributed by atoms with van der Waals surface area (Å²) in [6, 6.07) is 3.51. The standard InChI is InChI=1S/C23H29N7O3S2/c1-11(2)9-25-18(24)16-20(32)29-35-21(16)28-23-26-10-15(34-23)19(31)27-17-12(3)7-14(8-13(17)4)22(33)30(5)6/h7-8,10-11H,9H2,1-6H3,(H2,24,25)(H,26,28)(H,27,31)(H,29,32). The predicted molar refractivity (Wildman–Crippen MR) is 143 cm³/mol. The van der Waals surface area contributed by atoms with Crippen molar-refractivity contribution in [1.29, 1.82) is 0 Å². The largest absolute Gasteiger partial charge is 0.383 e. The summed E-state index contributed by atoms with van der Waals surface area (Å²) in [5.74, 6) is 0.0301. The number of anilines is 3. The number of hydrogen-bond acceptors (Lipinski definition) is 8. The minimum atomic E-state index is -0.334. The van der Waals surface area contributed by atoms with Gasteiger partial charge in [-0.05, 0) is 54.6 Å². The van der Waals surface area contributed by atoms with Crippen LogP contribution in [-0.2, 0) is 0 Å². The molecule has 3 aromatic rings. The van der Waals surface area contributed by atoms with Gasteiger partial charge in [0, 0.05) is 31.9 Å². The number of amides is 2. The Hall–Kier alpha value is -3.51. The average Bonchev–Trinajstić information content (AvgIpc) is 3.40. The number of nitrogens with one attached hydrogen (secondary N) is 3. The van der Waals surface area contributed by atoms with E-state index in [-0.39, 0.29) is 28.8 Å². The first kappa shape index (κ1) is 26.1. The number of nitrogens with zero attached hydrogens (tertiary/aromatic N) is 3. The van der Waals surface area contributed by atoms with Crippen molar-refractivity contribution in [2.75, 3.05) is 31.3 Å². The van der Waals surface area contributed by atoms with E-state index < -0.39 is 0 Å². The minimum absolute atomic E-state index is 0.103. The number of aryl methyl sites for hydroxylation is 2. The number of hydrogen-bond donors (Lipinski definition) is 4. The lowest BCUT2D eigenvalue weighted by Gasteiger charge is -2.15. The molecule has 0 aliphatic heterocycles. The zero-order valence-electron chi connectivity index (χ0n) is 20.5. The van der Waals surface area contributed by atoms with E-state index in [1.54, 1.807) is 26.2 Å². The fourth-order valence-corrected chi connectivity index (χ4v) is 4.76. The van der Waals surface area contributed by atoms with Gasteiger partial charge in [-0.2, -0.15) is 0 Å². The number of H-pyrrole nitrogens is 1. The summed E-state index contributed by atoms with van der Waals surface area (Å²) in [6.45, 7) is 8.21. The van der Waals surface area contributed by atoms with Gasteiger partial charge in [0.25, 0.3) is 17.4 Å². The van der Waals surface area contributed by atoms with Gasteiger partial charge in [0.1, 0.15) is 21.3 Å². The van der Waals surface area contributed by atoms with Gasteiger partial charge in [0.05, 0.1) is 6.20 Å². The number of aromatic nitrogens is 2. The summed E-state index contributed by atoms with van der Waals surface area (Å²) in [4.78, 5) is 47.9. The van der Waals surface area contributed by atoms with Gasteiger partial charge in [-0.25, -0.2) is 4.98 Å². The van der Waals surface area contributed by atoms with Gasteiger partial charge < -0.3 is 21.3 Å². The summed E-state index contributed by atoms with van der Waals surface area (Å²) >= 11 is 2.23. The Balaban J connectivity index is 1.77. The van der Waals surface area contributed by atoms with Crippen molar-refractivity contribution >= 4 is 56.3 Å². The van der Waals surface area contributed by atoms with E-state index >= 15 is 0 Å². The maximum Gasteiger partial charge on any atom is 0.271 e. The van der Waals surface area contributed by atoms with Crippen LogP contribution in [0.25, 0.3) is 0 Å². The molecule has 3 rings (SSSR count). The molecule has 5 N–H and O–H groups in total. The molecule has 0 aliphatic rings. The Bertz CT molecular complexity index is 1310. The second kappa shape index (κ2) is 10.8. The number of benzene rings is 1. The molecule has 2 amide bonds. The van der Waals surface area contributed by atoms with Crippen molar-refractivity contribution in [3.8, 4) is 0 Å². The van der Waals surface area contributed by atoms with Gasteiger partial charge in [0.15, 0.2) is 5.13 Å². The lowest BCUT2D eigenvalue weighted by Crippen LogP contribution is -2.23. The van der Waals surface area contributed by atoms with Crippen LogP contribution in [0, 0.1) is 19.8 Å². The zero-order chi connectivity index (χ0) is 25.9. The van der Waals surface area contributed by atoms with E-state index in [2.05, 4.69) is 25.0 Å². The van der Waals surface area contributed by atoms with Crippen LogP contribution in [0.4, 0.5) is 15.8 Å². The molecule has 2 aromatic heterocycles. The van der Waals surface area contributed by atoms with Crippen LogP contribution in [0.3, 0.4) is 0 Å².